The summed E-state index contributed by atoms with van der Waals surface area (Å²) in [5, 5.41) is 2.30. The monoisotopic (exact) mass is 251 g/mol. The number of ether oxygens (including phenoxy) is 1. The maximum absolute atomic E-state index is 13.3. The van der Waals surface area contributed by atoms with E-state index in [2.05, 4.69) is 5.32 Å². The summed E-state index contributed by atoms with van der Waals surface area (Å²) in [6.45, 7) is 3.22. The first-order chi connectivity index (χ1) is 8.54. The molecule has 1 amide bonds. The number of amides is 1. The molecular weight excluding hydrogens is 237 g/mol. The zero-order valence-electron chi connectivity index (χ0n) is 10.2. The molecule has 4 nitrogen and oxygen atoms in total. The van der Waals surface area contributed by atoms with Crippen molar-refractivity contribution in [1.29, 1.82) is 0 Å². The van der Waals surface area contributed by atoms with Crippen LogP contribution in [-0.2, 0) is 9.53 Å². The second-order valence-electron chi connectivity index (χ2n) is 3.54. The molecule has 0 aromatic heterocycles. The van der Waals surface area contributed by atoms with E-state index in [9.17, 15) is 14.0 Å². The molecule has 5 heteroatoms. The predicted molar refractivity (Wildman–Crippen MR) is 65.8 cm³/mol. The summed E-state index contributed by atoms with van der Waals surface area (Å²) in [7, 11) is 0. The number of rotatable bonds is 4. The summed E-state index contributed by atoms with van der Waals surface area (Å²) in [4.78, 5) is 22.4. The van der Waals surface area contributed by atoms with Gasteiger partial charge in [0, 0.05) is 6.92 Å². The molecule has 1 N–H and O–H groups in total. The number of hydrogen-bond acceptors (Lipinski definition) is 3. The molecule has 0 spiro atoms. The van der Waals surface area contributed by atoms with Crippen molar-refractivity contribution in [2.24, 2.45) is 0 Å². The van der Waals surface area contributed by atoms with Crippen molar-refractivity contribution in [1.82, 2.24) is 0 Å². The van der Waals surface area contributed by atoms with Crippen molar-refractivity contribution in [2.45, 2.75) is 13.8 Å². The molecule has 0 saturated heterocycles. The Morgan fingerprint density at radius 1 is 1.44 bits per heavy atom. The lowest BCUT2D eigenvalue weighted by Crippen LogP contribution is -2.10. The third-order valence-electron chi connectivity index (χ3n) is 2.06. The topological polar surface area (TPSA) is 55.4 Å². The van der Waals surface area contributed by atoms with Gasteiger partial charge in [-0.05, 0) is 25.1 Å². The maximum Gasteiger partial charge on any atom is 0.338 e. The van der Waals surface area contributed by atoms with Gasteiger partial charge in [-0.25, -0.2) is 9.18 Å². The second kappa shape index (κ2) is 6.54. The lowest BCUT2D eigenvalue weighted by Gasteiger charge is -2.06. The highest BCUT2D eigenvalue weighted by Crippen LogP contribution is 2.16. The largest absolute Gasteiger partial charge is 0.458 e. The molecule has 0 aliphatic carbocycles. The average Bonchev–Trinajstić information content (AvgIpc) is 2.31. The number of nitrogens with one attached hydrogen (secondary N) is 1. The molecule has 0 atom stereocenters. The zero-order valence-corrected chi connectivity index (χ0v) is 10.2. The highest BCUT2D eigenvalue weighted by Gasteiger charge is 2.11. The highest BCUT2D eigenvalue weighted by molar-refractivity contribution is 5.93. The van der Waals surface area contributed by atoms with Crippen LogP contribution in [0.4, 0.5) is 10.1 Å². The molecular formula is C13H14FNO3. The van der Waals surface area contributed by atoms with Gasteiger partial charge in [0.25, 0.3) is 0 Å². The average molecular weight is 251 g/mol. The fourth-order valence-corrected chi connectivity index (χ4v) is 1.24. The van der Waals surface area contributed by atoms with E-state index in [-0.39, 0.29) is 17.9 Å². The summed E-state index contributed by atoms with van der Waals surface area (Å²) in [5.41, 5.74) is 0.146. The number of carbonyl (C=O) groups excluding carboxylic acids is 2. The van der Waals surface area contributed by atoms with Crippen LogP contribution in [0.1, 0.15) is 24.2 Å². The number of halogens is 1. The van der Waals surface area contributed by atoms with E-state index >= 15 is 0 Å². The van der Waals surface area contributed by atoms with Crippen LogP contribution in [0.3, 0.4) is 0 Å². The van der Waals surface area contributed by atoms with Crippen molar-refractivity contribution in [3.63, 3.8) is 0 Å². The SMILES string of the molecule is C/C=C/COC(=O)c1ccc(F)c(NC(C)=O)c1. The maximum atomic E-state index is 13.3. The lowest BCUT2D eigenvalue weighted by molar-refractivity contribution is -0.114. The summed E-state index contributed by atoms with van der Waals surface area (Å²) in [6, 6.07) is 3.66. The van der Waals surface area contributed by atoms with Gasteiger partial charge in [-0.15, -0.1) is 0 Å². The van der Waals surface area contributed by atoms with E-state index in [1.54, 1.807) is 19.1 Å². The molecule has 0 radical (unpaired) electrons. The number of carbonyl (C=O) groups is 2. The Balaban J connectivity index is 2.83. The Kier molecular flexibility index (Phi) is 5.05. The number of benzene rings is 1. The van der Waals surface area contributed by atoms with Crippen LogP contribution >= 0.6 is 0 Å². The van der Waals surface area contributed by atoms with Crippen molar-refractivity contribution in [3.05, 3.63) is 41.7 Å². The minimum Gasteiger partial charge on any atom is -0.458 e. The van der Waals surface area contributed by atoms with Gasteiger partial charge >= 0.3 is 5.97 Å². The summed E-state index contributed by atoms with van der Waals surface area (Å²) >= 11 is 0. The van der Waals surface area contributed by atoms with Crippen molar-refractivity contribution in [3.8, 4) is 0 Å². The molecule has 0 saturated carbocycles. The molecule has 18 heavy (non-hydrogen) atoms. The van der Waals surface area contributed by atoms with E-state index in [1.807, 2.05) is 0 Å². The number of esters is 1. The third-order valence-corrected chi connectivity index (χ3v) is 2.06. The number of hydrogen-bond donors (Lipinski definition) is 1. The third kappa shape index (κ3) is 4.01. The molecule has 96 valence electrons. The Bertz CT molecular complexity index is 483. The van der Waals surface area contributed by atoms with Gasteiger partial charge < -0.3 is 10.1 Å². The van der Waals surface area contributed by atoms with E-state index in [0.29, 0.717) is 0 Å². The van der Waals surface area contributed by atoms with Gasteiger partial charge in [-0.3, -0.25) is 4.79 Å². The number of anilines is 1. The number of allylic oxidation sites excluding steroid dienone is 1. The molecule has 1 aromatic rings. The van der Waals surface area contributed by atoms with Gasteiger partial charge in [-0.2, -0.15) is 0 Å². The molecule has 0 heterocycles. The van der Waals surface area contributed by atoms with Gasteiger partial charge in [0.1, 0.15) is 12.4 Å². The van der Waals surface area contributed by atoms with Gasteiger partial charge in [0.2, 0.25) is 5.91 Å². The van der Waals surface area contributed by atoms with E-state index in [4.69, 9.17) is 4.74 Å². The van der Waals surface area contributed by atoms with E-state index in [0.717, 1.165) is 6.07 Å². The second-order valence-corrected chi connectivity index (χ2v) is 3.54. The minimum absolute atomic E-state index is 0.0389. The van der Waals surface area contributed by atoms with Crippen molar-refractivity contribution >= 4 is 17.6 Å². The van der Waals surface area contributed by atoms with Gasteiger partial charge in [0.15, 0.2) is 0 Å². The van der Waals surface area contributed by atoms with Crippen LogP contribution in [0.5, 0.6) is 0 Å². The normalized spacial score (nSPS) is 10.4. The van der Waals surface area contributed by atoms with Crippen LogP contribution in [0.2, 0.25) is 0 Å². The molecule has 0 bridgehead atoms. The van der Waals surface area contributed by atoms with E-state index < -0.39 is 17.7 Å². The smallest absolute Gasteiger partial charge is 0.338 e. The van der Waals surface area contributed by atoms with Crippen LogP contribution in [-0.4, -0.2) is 18.5 Å². The van der Waals surface area contributed by atoms with Crippen LogP contribution in [0, 0.1) is 5.82 Å². The molecule has 0 aliphatic rings. The predicted octanol–water partition coefficient (Wildman–Crippen LogP) is 2.52. The Morgan fingerprint density at radius 2 is 2.17 bits per heavy atom. The fourth-order valence-electron chi connectivity index (χ4n) is 1.24. The Morgan fingerprint density at radius 3 is 2.78 bits per heavy atom. The van der Waals surface area contributed by atoms with E-state index in [1.165, 1.54) is 19.1 Å². The van der Waals surface area contributed by atoms with Crippen LogP contribution < -0.4 is 5.32 Å². The van der Waals surface area contributed by atoms with Gasteiger partial charge in [0.05, 0.1) is 11.3 Å². The molecule has 1 aromatic carbocycles. The zero-order chi connectivity index (χ0) is 13.5. The first kappa shape index (κ1) is 13.9. The van der Waals surface area contributed by atoms with Crippen LogP contribution in [0.15, 0.2) is 30.4 Å². The highest BCUT2D eigenvalue weighted by atomic mass is 19.1. The standard InChI is InChI=1S/C13H14FNO3/c1-3-4-7-18-13(17)10-5-6-11(14)12(8-10)15-9(2)16/h3-6,8H,7H2,1-2H3,(H,15,16)/b4-3+. The molecule has 0 aliphatic heterocycles. The first-order valence-electron chi connectivity index (χ1n) is 5.40. The quantitative estimate of drug-likeness (QED) is 0.660. The lowest BCUT2D eigenvalue weighted by atomic mass is 10.2. The first-order valence-corrected chi connectivity index (χ1v) is 5.40. The molecule has 0 unspecified atom stereocenters. The molecule has 0 fully saturated rings. The Hall–Kier alpha value is -2.17. The summed E-state index contributed by atoms with van der Waals surface area (Å²) < 4.78 is 18.2. The Labute approximate surface area is 104 Å². The minimum atomic E-state index is -0.602. The van der Waals surface area contributed by atoms with Crippen LogP contribution in [0.25, 0.3) is 0 Å². The van der Waals surface area contributed by atoms with Crippen molar-refractivity contribution < 1.29 is 18.7 Å². The van der Waals surface area contributed by atoms with Crippen molar-refractivity contribution in [2.75, 3.05) is 11.9 Å². The van der Waals surface area contributed by atoms with Gasteiger partial charge in [-0.1, -0.05) is 12.2 Å². The molecule has 1 rings (SSSR count). The fraction of sp³-hybridized carbons (Fsp3) is 0.231. The summed E-state index contributed by atoms with van der Waals surface area (Å²) in [5.74, 6) is -1.58. The summed E-state index contributed by atoms with van der Waals surface area (Å²) in [6.07, 6.45) is 3.43.